The SMILES string of the molecule is CC(=O)c1ccc(N2C(=O)C(=O)C(=C(O)c3ccc([N+](=O)[O-])cc3)[C@H]2c2ccccc2)cc1. The van der Waals surface area contributed by atoms with Gasteiger partial charge in [-0.05, 0) is 48.9 Å². The number of nitro groups is 1. The minimum Gasteiger partial charge on any atom is -0.507 e. The van der Waals surface area contributed by atoms with Crippen LogP contribution in [0.25, 0.3) is 5.76 Å². The zero-order valence-electron chi connectivity index (χ0n) is 17.5. The molecule has 8 nitrogen and oxygen atoms in total. The van der Waals surface area contributed by atoms with Crippen LogP contribution in [0.15, 0.2) is 84.4 Å². The zero-order chi connectivity index (χ0) is 23.7. The number of ketones is 2. The van der Waals surface area contributed by atoms with Gasteiger partial charge in [0, 0.05) is 28.9 Å². The lowest BCUT2D eigenvalue weighted by atomic mass is 9.95. The van der Waals surface area contributed by atoms with Crippen LogP contribution in [-0.2, 0) is 9.59 Å². The fourth-order valence-corrected chi connectivity index (χ4v) is 3.80. The topological polar surface area (TPSA) is 118 Å². The molecule has 1 aliphatic rings. The number of hydrogen-bond acceptors (Lipinski definition) is 6. The molecule has 8 heteroatoms. The predicted octanol–water partition coefficient (Wildman–Crippen LogP) is 4.42. The number of amides is 1. The Kier molecular flexibility index (Phi) is 5.58. The van der Waals surface area contributed by atoms with Gasteiger partial charge in [-0.1, -0.05) is 30.3 Å². The third-order valence-corrected chi connectivity index (χ3v) is 5.46. The average Bonchev–Trinajstić information content (AvgIpc) is 3.09. The summed E-state index contributed by atoms with van der Waals surface area (Å²) >= 11 is 0. The number of hydrogen-bond donors (Lipinski definition) is 1. The Bertz CT molecular complexity index is 1290. The Morgan fingerprint density at radius 3 is 2.03 bits per heavy atom. The first-order valence-electron chi connectivity index (χ1n) is 10.0. The average molecular weight is 442 g/mol. The third-order valence-electron chi connectivity index (χ3n) is 5.46. The molecule has 0 unspecified atom stereocenters. The highest BCUT2D eigenvalue weighted by molar-refractivity contribution is 6.51. The molecule has 0 spiro atoms. The van der Waals surface area contributed by atoms with Gasteiger partial charge in [-0.2, -0.15) is 0 Å². The lowest BCUT2D eigenvalue weighted by Crippen LogP contribution is -2.29. The van der Waals surface area contributed by atoms with Gasteiger partial charge in [0.1, 0.15) is 5.76 Å². The second kappa shape index (κ2) is 8.51. The zero-order valence-corrected chi connectivity index (χ0v) is 17.5. The first kappa shape index (κ1) is 21.6. The molecule has 1 atom stereocenters. The summed E-state index contributed by atoms with van der Waals surface area (Å²) in [6, 6.07) is 19.2. The summed E-state index contributed by atoms with van der Waals surface area (Å²) in [6.45, 7) is 1.43. The van der Waals surface area contributed by atoms with Crippen molar-refractivity contribution in [3.8, 4) is 0 Å². The van der Waals surface area contributed by atoms with E-state index in [1.54, 1.807) is 54.6 Å². The molecule has 1 aliphatic heterocycles. The second-order valence-corrected chi connectivity index (χ2v) is 7.49. The van der Waals surface area contributed by atoms with Crippen LogP contribution in [0, 0.1) is 10.1 Å². The minimum atomic E-state index is -0.926. The molecule has 1 amide bonds. The number of aliphatic hydroxyl groups is 1. The number of nitrogens with zero attached hydrogens (tertiary/aromatic N) is 2. The number of nitro benzene ring substituents is 1. The first-order valence-corrected chi connectivity index (χ1v) is 10.0. The van der Waals surface area contributed by atoms with Crippen molar-refractivity contribution < 1.29 is 24.4 Å². The molecule has 3 aromatic rings. The summed E-state index contributed by atoms with van der Waals surface area (Å²) in [5.74, 6) is -2.28. The van der Waals surface area contributed by atoms with Gasteiger partial charge in [0.25, 0.3) is 17.4 Å². The van der Waals surface area contributed by atoms with E-state index in [9.17, 15) is 29.6 Å². The Morgan fingerprint density at radius 2 is 1.48 bits per heavy atom. The fraction of sp³-hybridized carbons (Fsp3) is 0.0800. The number of carbonyl (C=O) groups excluding carboxylic acids is 3. The standard InChI is InChI=1S/C25H18N2O6/c1-15(28)16-7-11-19(12-8-16)26-22(17-5-3-2-4-6-17)21(24(30)25(26)31)23(29)18-9-13-20(14-10-18)27(32)33/h2-14,22,29H,1H3/t22-/m1/s1. The van der Waals surface area contributed by atoms with E-state index in [1.807, 2.05) is 0 Å². The molecule has 0 aromatic heterocycles. The van der Waals surface area contributed by atoms with Crippen LogP contribution in [0.3, 0.4) is 0 Å². The fourth-order valence-electron chi connectivity index (χ4n) is 3.80. The number of non-ortho nitro benzene ring substituents is 1. The molecule has 4 rings (SSSR count). The maximum atomic E-state index is 13.1. The van der Waals surface area contributed by atoms with Gasteiger partial charge >= 0.3 is 0 Å². The lowest BCUT2D eigenvalue weighted by Gasteiger charge is -2.25. The number of aliphatic hydroxyl groups excluding tert-OH is 1. The molecule has 3 aromatic carbocycles. The van der Waals surface area contributed by atoms with Crippen LogP contribution < -0.4 is 4.90 Å². The number of benzene rings is 3. The molecule has 164 valence electrons. The highest BCUT2D eigenvalue weighted by atomic mass is 16.6. The van der Waals surface area contributed by atoms with Crippen molar-refractivity contribution >= 4 is 34.6 Å². The van der Waals surface area contributed by atoms with Crippen LogP contribution in [-0.4, -0.2) is 27.5 Å². The molecule has 1 saturated heterocycles. The van der Waals surface area contributed by atoms with Crippen LogP contribution in [0.2, 0.25) is 0 Å². The van der Waals surface area contributed by atoms with Gasteiger partial charge in [0.2, 0.25) is 0 Å². The van der Waals surface area contributed by atoms with E-state index in [-0.39, 0.29) is 22.6 Å². The molecule has 0 bridgehead atoms. The maximum Gasteiger partial charge on any atom is 0.300 e. The molecule has 0 radical (unpaired) electrons. The second-order valence-electron chi connectivity index (χ2n) is 7.49. The highest BCUT2D eigenvalue weighted by Gasteiger charge is 2.46. The number of carbonyl (C=O) groups is 3. The summed E-state index contributed by atoms with van der Waals surface area (Å²) in [4.78, 5) is 49.4. The summed E-state index contributed by atoms with van der Waals surface area (Å²) in [5, 5.41) is 22.0. The van der Waals surface area contributed by atoms with Gasteiger partial charge in [0.05, 0.1) is 16.5 Å². The molecule has 0 saturated carbocycles. The maximum absolute atomic E-state index is 13.1. The van der Waals surface area contributed by atoms with E-state index in [0.717, 1.165) is 0 Å². The van der Waals surface area contributed by atoms with E-state index >= 15 is 0 Å². The van der Waals surface area contributed by atoms with E-state index in [1.165, 1.54) is 36.1 Å². The van der Waals surface area contributed by atoms with Gasteiger partial charge in [0.15, 0.2) is 5.78 Å². The molecule has 1 N–H and O–H groups in total. The van der Waals surface area contributed by atoms with Crippen molar-refractivity contribution in [2.75, 3.05) is 4.90 Å². The van der Waals surface area contributed by atoms with E-state index in [2.05, 4.69) is 0 Å². The third kappa shape index (κ3) is 3.89. The monoisotopic (exact) mass is 442 g/mol. The normalized spacial score (nSPS) is 17.2. The van der Waals surface area contributed by atoms with Gasteiger partial charge in [-0.25, -0.2) is 0 Å². The summed E-state index contributed by atoms with van der Waals surface area (Å²) in [7, 11) is 0. The van der Waals surface area contributed by atoms with Crippen molar-refractivity contribution in [2.24, 2.45) is 0 Å². The van der Waals surface area contributed by atoms with Crippen LogP contribution in [0.5, 0.6) is 0 Å². The van der Waals surface area contributed by atoms with Gasteiger partial charge in [-0.15, -0.1) is 0 Å². The molecule has 1 fully saturated rings. The first-order chi connectivity index (χ1) is 15.8. The summed E-state index contributed by atoms with van der Waals surface area (Å²) < 4.78 is 0. The Labute approximate surface area is 188 Å². The number of rotatable bonds is 5. The Morgan fingerprint density at radius 1 is 0.909 bits per heavy atom. The summed E-state index contributed by atoms with van der Waals surface area (Å²) in [5.41, 5.74) is 1.31. The van der Waals surface area contributed by atoms with Gasteiger partial charge < -0.3 is 5.11 Å². The molecular formula is C25H18N2O6. The van der Waals surface area contributed by atoms with Crippen molar-refractivity contribution in [2.45, 2.75) is 13.0 Å². The van der Waals surface area contributed by atoms with Crippen molar-refractivity contribution in [3.63, 3.8) is 0 Å². The lowest BCUT2D eigenvalue weighted by molar-refractivity contribution is -0.384. The Hall–Kier alpha value is -4.59. The summed E-state index contributed by atoms with van der Waals surface area (Å²) in [6.07, 6.45) is 0. The molecule has 0 aliphatic carbocycles. The Balaban J connectivity index is 1.88. The minimum absolute atomic E-state index is 0.129. The molecular weight excluding hydrogens is 424 g/mol. The largest absolute Gasteiger partial charge is 0.507 e. The van der Waals surface area contributed by atoms with Gasteiger partial charge in [-0.3, -0.25) is 29.4 Å². The van der Waals surface area contributed by atoms with Crippen LogP contribution in [0.1, 0.15) is 34.5 Å². The predicted molar refractivity (Wildman–Crippen MR) is 121 cm³/mol. The van der Waals surface area contributed by atoms with Crippen LogP contribution in [0.4, 0.5) is 11.4 Å². The van der Waals surface area contributed by atoms with E-state index in [4.69, 9.17) is 0 Å². The highest BCUT2D eigenvalue weighted by Crippen LogP contribution is 2.42. The van der Waals surface area contributed by atoms with E-state index < -0.39 is 28.4 Å². The smallest absolute Gasteiger partial charge is 0.300 e. The quantitative estimate of drug-likeness (QED) is 0.156. The van der Waals surface area contributed by atoms with Crippen molar-refractivity contribution in [3.05, 3.63) is 111 Å². The molecule has 1 heterocycles. The molecule has 33 heavy (non-hydrogen) atoms. The van der Waals surface area contributed by atoms with Crippen LogP contribution >= 0.6 is 0 Å². The van der Waals surface area contributed by atoms with Crippen molar-refractivity contribution in [1.29, 1.82) is 0 Å². The number of Topliss-reactive ketones (excluding diaryl/α,β-unsaturated/α-hetero) is 2. The van der Waals surface area contributed by atoms with E-state index in [0.29, 0.717) is 16.8 Å². The van der Waals surface area contributed by atoms with Crippen molar-refractivity contribution in [1.82, 2.24) is 0 Å². The number of anilines is 1.